The second-order valence-corrected chi connectivity index (χ2v) is 4.52. The highest BCUT2D eigenvalue weighted by Gasteiger charge is 2.41. The van der Waals surface area contributed by atoms with Crippen molar-refractivity contribution in [2.75, 3.05) is 13.1 Å². The first-order valence-corrected chi connectivity index (χ1v) is 5.91. The fourth-order valence-electron chi connectivity index (χ4n) is 1.84. The van der Waals surface area contributed by atoms with Gasteiger partial charge in [0.15, 0.2) is 5.60 Å². The van der Waals surface area contributed by atoms with E-state index in [1.807, 2.05) is 0 Å². The van der Waals surface area contributed by atoms with Gasteiger partial charge in [-0.05, 0) is 25.9 Å². The molecule has 0 spiro atoms. The Morgan fingerprint density at radius 3 is 2.21 bits per heavy atom. The molecule has 8 heteroatoms. The van der Waals surface area contributed by atoms with Crippen molar-refractivity contribution in [2.45, 2.75) is 37.4 Å². The van der Waals surface area contributed by atoms with Crippen LogP contribution in [0.3, 0.4) is 0 Å². The van der Waals surface area contributed by atoms with E-state index in [4.69, 9.17) is 14.9 Å². The number of ether oxygens (including phenoxy) is 1. The van der Waals surface area contributed by atoms with Crippen molar-refractivity contribution >= 4 is 17.9 Å². The summed E-state index contributed by atoms with van der Waals surface area (Å²) in [4.78, 5) is 32.9. The lowest BCUT2D eigenvalue weighted by molar-refractivity contribution is -0.173. The largest absolute Gasteiger partial charge is 0.481 e. The van der Waals surface area contributed by atoms with Crippen LogP contribution in [0.5, 0.6) is 0 Å². The third-order valence-corrected chi connectivity index (χ3v) is 2.86. The molecule has 0 bridgehead atoms. The highest BCUT2D eigenvalue weighted by molar-refractivity contribution is 5.88. The molecule has 1 unspecified atom stereocenters. The molecule has 1 rings (SSSR count). The maximum absolute atomic E-state index is 11.6. The van der Waals surface area contributed by atoms with Crippen LogP contribution in [-0.4, -0.2) is 58.0 Å². The smallest absolute Gasteiger partial charge is 0.336 e. The summed E-state index contributed by atoms with van der Waals surface area (Å²) >= 11 is 0. The Bertz CT molecular complexity index is 364. The van der Waals surface area contributed by atoms with E-state index in [1.54, 1.807) is 0 Å². The van der Waals surface area contributed by atoms with Crippen LogP contribution in [0, 0.1) is 0 Å². The molecule has 0 saturated carbocycles. The molecule has 1 fully saturated rings. The summed E-state index contributed by atoms with van der Waals surface area (Å²) in [6.45, 7) is 1.38. The Labute approximate surface area is 109 Å². The molecular weight excluding hydrogens is 258 g/mol. The van der Waals surface area contributed by atoms with E-state index in [2.05, 4.69) is 5.32 Å². The maximum atomic E-state index is 11.6. The van der Waals surface area contributed by atoms with Crippen molar-refractivity contribution in [2.24, 2.45) is 0 Å². The number of rotatable bonds is 6. The predicted molar refractivity (Wildman–Crippen MR) is 61.4 cm³/mol. The number of esters is 1. The van der Waals surface area contributed by atoms with E-state index in [1.165, 1.54) is 0 Å². The molecule has 1 saturated heterocycles. The Hall–Kier alpha value is -1.67. The van der Waals surface area contributed by atoms with Gasteiger partial charge in [-0.15, -0.1) is 0 Å². The fourth-order valence-corrected chi connectivity index (χ4v) is 1.84. The zero-order valence-electron chi connectivity index (χ0n) is 10.3. The van der Waals surface area contributed by atoms with Gasteiger partial charge < -0.3 is 25.4 Å². The van der Waals surface area contributed by atoms with Crippen molar-refractivity contribution in [1.82, 2.24) is 5.32 Å². The van der Waals surface area contributed by atoms with Gasteiger partial charge in [0, 0.05) is 0 Å². The number of aliphatic hydroxyl groups is 1. The summed E-state index contributed by atoms with van der Waals surface area (Å²) in [6.07, 6.45) is -1.04. The number of carboxylic acids is 2. The van der Waals surface area contributed by atoms with Gasteiger partial charge >= 0.3 is 17.9 Å². The first-order chi connectivity index (χ1) is 8.83. The molecule has 0 aromatic rings. The van der Waals surface area contributed by atoms with Crippen molar-refractivity contribution in [1.29, 1.82) is 0 Å². The van der Waals surface area contributed by atoms with E-state index in [-0.39, 0.29) is 6.10 Å². The summed E-state index contributed by atoms with van der Waals surface area (Å²) in [6, 6.07) is 0. The van der Waals surface area contributed by atoms with Crippen molar-refractivity contribution < 1.29 is 34.4 Å². The monoisotopic (exact) mass is 275 g/mol. The number of carbonyl (C=O) groups excluding carboxylic acids is 1. The molecule has 0 aromatic heterocycles. The van der Waals surface area contributed by atoms with Crippen molar-refractivity contribution in [3.05, 3.63) is 0 Å². The summed E-state index contributed by atoms with van der Waals surface area (Å²) in [5, 5.41) is 30.1. The summed E-state index contributed by atoms with van der Waals surface area (Å²) < 4.78 is 5.02. The Morgan fingerprint density at radius 2 is 1.74 bits per heavy atom. The molecule has 1 heterocycles. The van der Waals surface area contributed by atoms with E-state index in [9.17, 15) is 19.5 Å². The molecule has 1 aliphatic rings. The number of nitrogens with one attached hydrogen (secondary N) is 1. The summed E-state index contributed by atoms with van der Waals surface area (Å²) in [5.74, 6) is -4.16. The lowest BCUT2D eigenvalue weighted by Crippen LogP contribution is -2.44. The highest BCUT2D eigenvalue weighted by Crippen LogP contribution is 2.18. The van der Waals surface area contributed by atoms with Gasteiger partial charge in [0.05, 0.1) is 12.8 Å². The van der Waals surface area contributed by atoms with Gasteiger partial charge in [0.25, 0.3) is 0 Å². The van der Waals surface area contributed by atoms with Crippen molar-refractivity contribution in [3.63, 3.8) is 0 Å². The molecular formula is C11H17NO7. The van der Waals surface area contributed by atoms with Crippen LogP contribution in [0.1, 0.15) is 25.7 Å². The summed E-state index contributed by atoms with van der Waals surface area (Å²) in [7, 11) is 0. The van der Waals surface area contributed by atoms with E-state index >= 15 is 0 Å². The lowest BCUT2D eigenvalue weighted by atomic mass is 9.96. The van der Waals surface area contributed by atoms with Crippen LogP contribution < -0.4 is 5.32 Å². The van der Waals surface area contributed by atoms with Crippen LogP contribution in [0.25, 0.3) is 0 Å². The van der Waals surface area contributed by atoms with Gasteiger partial charge in [-0.25, -0.2) is 4.79 Å². The molecule has 8 nitrogen and oxygen atoms in total. The fraction of sp³-hybridized carbons (Fsp3) is 0.727. The van der Waals surface area contributed by atoms with Crippen LogP contribution in [0.4, 0.5) is 0 Å². The second-order valence-electron chi connectivity index (χ2n) is 4.52. The third-order valence-electron chi connectivity index (χ3n) is 2.86. The molecule has 0 amide bonds. The number of carboxylic acid groups (broad SMARTS) is 2. The standard InChI is InChI=1S/C11H17NO7/c13-8(14)5-11(18,10(16)17)6-9(15)19-7-1-3-12-4-2-7/h7,12,18H,1-6H2,(H,13,14)(H,16,17). The molecule has 0 radical (unpaired) electrons. The van der Waals surface area contributed by atoms with Crippen LogP contribution in [-0.2, 0) is 19.1 Å². The minimum atomic E-state index is -2.63. The predicted octanol–water partition coefficient (Wildman–Crippen LogP) is -1.04. The Kier molecular flexibility index (Phi) is 5.25. The van der Waals surface area contributed by atoms with Crippen LogP contribution in [0.15, 0.2) is 0 Å². The minimum Gasteiger partial charge on any atom is -0.481 e. The number of piperidine rings is 1. The average Bonchev–Trinajstić information content (AvgIpc) is 2.28. The number of aliphatic carboxylic acids is 2. The maximum Gasteiger partial charge on any atom is 0.336 e. The average molecular weight is 275 g/mol. The van der Waals surface area contributed by atoms with E-state index in [0.717, 1.165) is 0 Å². The summed E-state index contributed by atoms with van der Waals surface area (Å²) in [5.41, 5.74) is -2.63. The normalized spacial score (nSPS) is 19.4. The molecule has 0 aliphatic carbocycles. The molecule has 1 aliphatic heterocycles. The molecule has 1 atom stereocenters. The zero-order chi connectivity index (χ0) is 14.5. The van der Waals surface area contributed by atoms with Crippen LogP contribution >= 0.6 is 0 Å². The molecule has 108 valence electrons. The Morgan fingerprint density at radius 1 is 1.16 bits per heavy atom. The lowest BCUT2D eigenvalue weighted by Gasteiger charge is -2.25. The second kappa shape index (κ2) is 6.48. The zero-order valence-corrected chi connectivity index (χ0v) is 10.3. The number of hydrogen-bond acceptors (Lipinski definition) is 6. The number of hydrogen-bond donors (Lipinski definition) is 4. The van der Waals surface area contributed by atoms with E-state index < -0.39 is 36.4 Å². The third kappa shape index (κ3) is 4.84. The van der Waals surface area contributed by atoms with Crippen molar-refractivity contribution in [3.8, 4) is 0 Å². The molecule has 0 aromatic carbocycles. The highest BCUT2D eigenvalue weighted by atomic mass is 16.5. The minimum absolute atomic E-state index is 0.323. The van der Waals surface area contributed by atoms with Gasteiger partial charge in [-0.3, -0.25) is 9.59 Å². The topological polar surface area (TPSA) is 133 Å². The van der Waals surface area contributed by atoms with Crippen LogP contribution in [0.2, 0.25) is 0 Å². The first kappa shape index (κ1) is 15.4. The van der Waals surface area contributed by atoms with Gasteiger partial charge in [0.2, 0.25) is 0 Å². The SMILES string of the molecule is O=C(O)CC(O)(CC(=O)OC1CCNCC1)C(=O)O. The van der Waals surface area contributed by atoms with Gasteiger partial charge in [-0.2, -0.15) is 0 Å². The number of carbonyl (C=O) groups is 3. The van der Waals surface area contributed by atoms with Gasteiger partial charge in [-0.1, -0.05) is 0 Å². The molecule has 4 N–H and O–H groups in total. The van der Waals surface area contributed by atoms with E-state index in [0.29, 0.717) is 25.9 Å². The quantitative estimate of drug-likeness (QED) is 0.452. The molecule has 19 heavy (non-hydrogen) atoms. The Balaban J connectivity index is 2.55. The van der Waals surface area contributed by atoms with Gasteiger partial charge in [0.1, 0.15) is 6.10 Å². The first-order valence-electron chi connectivity index (χ1n) is 5.91.